The summed E-state index contributed by atoms with van der Waals surface area (Å²) in [5, 5.41) is 4.32. The van der Waals surface area contributed by atoms with Gasteiger partial charge >= 0.3 is 0 Å². The number of carbonyl (C=O) groups excluding carboxylic acids is 2. The molecule has 0 spiro atoms. The fourth-order valence-corrected chi connectivity index (χ4v) is 3.19. The number of benzene rings is 3. The predicted octanol–water partition coefficient (Wildman–Crippen LogP) is 3.62. The molecule has 172 valence electrons. The van der Waals surface area contributed by atoms with E-state index in [4.69, 9.17) is 21.7 Å². The number of ether oxygens (including phenoxy) is 2. The van der Waals surface area contributed by atoms with Gasteiger partial charge in [-0.1, -0.05) is 69.3 Å². The molecule has 0 bridgehead atoms. The summed E-state index contributed by atoms with van der Waals surface area (Å²) >= 11 is 5.02. The maximum atomic E-state index is 12.1. The van der Waals surface area contributed by atoms with E-state index in [1.165, 1.54) is 5.56 Å². The second-order valence-electron chi connectivity index (χ2n) is 8.38. The number of hydrogen-bond acceptors (Lipinski definition) is 5. The summed E-state index contributed by atoms with van der Waals surface area (Å²) in [6, 6.07) is 20.9. The second-order valence-corrected chi connectivity index (χ2v) is 8.79. The molecular formula is C25H27N3O4S. The first kappa shape index (κ1) is 24.0. The Morgan fingerprint density at radius 2 is 1.48 bits per heavy atom. The zero-order chi connectivity index (χ0) is 23.8. The van der Waals surface area contributed by atoms with Crippen LogP contribution in [0.1, 0.15) is 26.3 Å². The molecule has 8 heteroatoms. The van der Waals surface area contributed by atoms with E-state index in [0.29, 0.717) is 11.5 Å². The summed E-state index contributed by atoms with van der Waals surface area (Å²) in [5.41, 5.74) is 6.07. The molecule has 7 nitrogen and oxygen atoms in total. The summed E-state index contributed by atoms with van der Waals surface area (Å²) in [5.74, 6) is 0.283. The minimum absolute atomic E-state index is 0.0398. The number of hydrogen-bond donors (Lipinski definition) is 3. The highest BCUT2D eigenvalue weighted by Crippen LogP contribution is 2.25. The Balaban J connectivity index is 1.38. The van der Waals surface area contributed by atoms with Gasteiger partial charge in [-0.2, -0.15) is 0 Å². The maximum Gasteiger partial charge on any atom is 0.276 e. The van der Waals surface area contributed by atoms with E-state index in [1.54, 1.807) is 6.07 Å². The van der Waals surface area contributed by atoms with Gasteiger partial charge in [-0.05, 0) is 46.8 Å². The molecule has 0 aliphatic rings. The molecule has 0 fully saturated rings. The number of carbonyl (C=O) groups is 2. The van der Waals surface area contributed by atoms with Crippen molar-refractivity contribution >= 4 is 39.9 Å². The lowest BCUT2D eigenvalue weighted by Gasteiger charge is -2.19. The van der Waals surface area contributed by atoms with Crippen LogP contribution in [-0.4, -0.2) is 30.1 Å². The van der Waals surface area contributed by atoms with E-state index in [0.717, 1.165) is 10.8 Å². The number of nitrogens with one attached hydrogen (secondary N) is 3. The van der Waals surface area contributed by atoms with Crippen LogP contribution in [0, 0.1) is 0 Å². The number of amides is 2. The quantitative estimate of drug-likeness (QED) is 0.381. The third kappa shape index (κ3) is 7.18. The number of thiocarbonyl (C=S) groups is 1. The van der Waals surface area contributed by atoms with Crippen molar-refractivity contribution in [3.8, 4) is 11.5 Å². The Labute approximate surface area is 198 Å². The third-order valence-electron chi connectivity index (χ3n) is 4.77. The Bertz CT molecular complexity index is 1140. The molecule has 3 N–H and O–H groups in total. The second kappa shape index (κ2) is 10.8. The van der Waals surface area contributed by atoms with Gasteiger partial charge < -0.3 is 9.47 Å². The van der Waals surface area contributed by atoms with Crippen LogP contribution in [0.4, 0.5) is 0 Å². The van der Waals surface area contributed by atoms with Crippen molar-refractivity contribution in [1.82, 2.24) is 16.2 Å². The summed E-state index contributed by atoms with van der Waals surface area (Å²) < 4.78 is 11.1. The van der Waals surface area contributed by atoms with Gasteiger partial charge in [-0.3, -0.25) is 25.8 Å². The van der Waals surface area contributed by atoms with Crippen LogP contribution >= 0.6 is 12.2 Å². The first-order valence-corrected chi connectivity index (χ1v) is 10.9. The molecule has 3 aromatic carbocycles. The zero-order valence-electron chi connectivity index (χ0n) is 18.8. The summed E-state index contributed by atoms with van der Waals surface area (Å²) in [6.07, 6.45) is 0. The molecule has 0 unspecified atom stereocenters. The fraction of sp³-hybridized carbons (Fsp3) is 0.240. The van der Waals surface area contributed by atoms with Crippen molar-refractivity contribution < 1.29 is 19.1 Å². The highest BCUT2D eigenvalue weighted by molar-refractivity contribution is 7.80. The Kier molecular flexibility index (Phi) is 7.84. The van der Waals surface area contributed by atoms with Crippen LogP contribution < -0.4 is 25.6 Å². The normalized spacial score (nSPS) is 10.9. The largest absolute Gasteiger partial charge is 0.484 e. The van der Waals surface area contributed by atoms with Gasteiger partial charge in [0, 0.05) is 5.39 Å². The SMILES string of the molecule is CC(C)(C)c1ccc(OCC(=O)NC(=S)NNC(=O)COc2cccc3ccccc23)cc1. The van der Waals surface area contributed by atoms with Crippen molar-refractivity contribution in [2.45, 2.75) is 26.2 Å². The van der Waals surface area contributed by atoms with Crippen LogP contribution in [0.5, 0.6) is 11.5 Å². The van der Waals surface area contributed by atoms with E-state index < -0.39 is 11.8 Å². The van der Waals surface area contributed by atoms with Gasteiger partial charge in [0.05, 0.1) is 0 Å². The molecule has 0 saturated carbocycles. The van der Waals surface area contributed by atoms with Gasteiger partial charge in [0.25, 0.3) is 11.8 Å². The molecule has 0 saturated heterocycles. The number of fused-ring (bicyclic) bond motifs is 1. The molecule has 0 heterocycles. The van der Waals surface area contributed by atoms with Gasteiger partial charge in [0.2, 0.25) is 0 Å². The molecule has 3 rings (SSSR count). The maximum absolute atomic E-state index is 12.1. The Morgan fingerprint density at radius 3 is 2.21 bits per heavy atom. The summed E-state index contributed by atoms with van der Waals surface area (Å²) in [4.78, 5) is 24.1. The molecular weight excluding hydrogens is 438 g/mol. The highest BCUT2D eigenvalue weighted by atomic mass is 32.1. The van der Waals surface area contributed by atoms with E-state index in [1.807, 2.05) is 60.7 Å². The van der Waals surface area contributed by atoms with Gasteiger partial charge in [-0.25, -0.2) is 0 Å². The van der Waals surface area contributed by atoms with Crippen LogP contribution in [0.2, 0.25) is 0 Å². The van der Waals surface area contributed by atoms with Crippen molar-refractivity contribution in [1.29, 1.82) is 0 Å². The molecule has 0 aliphatic heterocycles. The standard InChI is InChI=1S/C25H27N3O4S/c1-25(2,3)18-11-13-19(14-12-18)31-15-22(29)26-24(33)28-27-23(30)16-32-21-10-6-8-17-7-4-5-9-20(17)21/h4-14H,15-16H2,1-3H3,(H,27,30)(H2,26,28,29,33). The summed E-state index contributed by atoms with van der Waals surface area (Å²) in [7, 11) is 0. The third-order valence-corrected chi connectivity index (χ3v) is 4.97. The zero-order valence-corrected chi connectivity index (χ0v) is 19.6. The molecule has 0 aromatic heterocycles. The van der Waals surface area contributed by atoms with E-state index in [-0.39, 0.29) is 23.7 Å². The van der Waals surface area contributed by atoms with Gasteiger partial charge in [-0.15, -0.1) is 0 Å². The fourth-order valence-electron chi connectivity index (χ4n) is 3.02. The summed E-state index contributed by atoms with van der Waals surface area (Å²) in [6.45, 7) is 5.94. The molecule has 0 radical (unpaired) electrons. The Morgan fingerprint density at radius 1 is 0.818 bits per heavy atom. The van der Waals surface area contributed by atoms with Crippen molar-refractivity contribution in [3.63, 3.8) is 0 Å². The minimum Gasteiger partial charge on any atom is -0.484 e. The number of rotatable bonds is 6. The lowest BCUT2D eigenvalue weighted by atomic mass is 9.87. The van der Waals surface area contributed by atoms with E-state index >= 15 is 0 Å². The van der Waals surface area contributed by atoms with Crippen LogP contribution in [-0.2, 0) is 15.0 Å². The molecule has 2 amide bonds. The molecule has 0 atom stereocenters. The van der Waals surface area contributed by atoms with Crippen LogP contribution in [0.25, 0.3) is 10.8 Å². The number of hydrazine groups is 1. The topological polar surface area (TPSA) is 88.7 Å². The van der Waals surface area contributed by atoms with Gasteiger partial charge in [0.1, 0.15) is 11.5 Å². The smallest absolute Gasteiger partial charge is 0.276 e. The Hall–Kier alpha value is -3.65. The molecule has 33 heavy (non-hydrogen) atoms. The van der Waals surface area contributed by atoms with Crippen molar-refractivity contribution in [3.05, 3.63) is 72.3 Å². The first-order valence-electron chi connectivity index (χ1n) is 10.4. The molecule has 0 aliphatic carbocycles. The molecule has 3 aromatic rings. The average Bonchev–Trinajstić information content (AvgIpc) is 2.79. The van der Waals surface area contributed by atoms with Crippen molar-refractivity contribution in [2.75, 3.05) is 13.2 Å². The average molecular weight is 466 g/mol. The van der Waals surface area contributed by atoms with Crippen LogP contribution in [0.15, 0.2) is 66.7 Å². The van der Waals surface area contributed by atoms with E-state index in [9.17, 15) is 9.59 Å². The first-order chi connectivity index (χ1) is 15.7. The lowest BCUT2D eigenvalue weighted by Crippen LogP contribution is -2.50. The minimum atomic E-state index is -0.450. The van der Waals surface area contributed by atoms with E-state index in [2.05, 4.69) is 36.9 Å². The predicted molar refractivity (Wildman–Crippen MR) is 132 cm³/mol. The van der Waals surface area contributed by atoms with Crippen molar-refractivity contribution in [2.24, 2.45) is 0 Å². The van der Waals surface area contributed by atoms with Gasteiger partial charge in [0.15, 0.2) is 18.3 Å². The van der Waals surface area contributed by atoms with Crippen LogP contribution in [0.3, 0.4) is 0 Å². The lowest BCUT2D eigenvalue weighted by molar-refractivity contribution is -0.124. The monoisotopic (exact) mass is 465 g/mol. The highest BCUT2D eigenvalue weighted by Gasteiger charge is 2.13.